The number of nitrogens with zero attached hydrogens (tertiary/aromatic N) is 4. The molecule has 30 heavy (non-hydrogen) atoms. The van der Waals surface area contributed by atoms with Crippen molar-refractivity contribution in [2.24, 2.45) is 0 Å². The van der Waals surface area contributed by atoms with E-state index in [4.69, 9.17) is 9.47 Å². The number of imidazole rings is 1. The summed E-state index contributed by atoms with van der Waals surface area (Å²) in [7, 11) is -2.22. The molecule has 3 heterocycles. The Labute approximate surface area is 176 Å². The third-order valence-electron chi connectivity index (χ3n) is 5.71. The summed E-state index contributed by atoms with van der Waals surface area (Å²) in [5, 5.41) is 0. The van der Waals surface area contributed by atoms with Gasteiger partial charge in [-0.2, -0.15) is 4.31 Å². The summed E-state index contributed by atoms with van der Waals surface area (Å²) in [6.07, 6.45) is 7.12. The van der Waals surface area contributed by atoms with Crippen molar-refractivity contribution in [2.45, 2.75) is 23.8 Å². The molecule has 0 radical (unpaired) electrons. The summed E-state index contributed by atoms with van der Waals surface area (Å²) >= 11 is 0. The summed E-state index contributed by atoms with van der Waals surface area (Å²) in [4.78, 5) is 19.2. The number of ether oxygens (including phenoxy) is 2. The number of benzene rings is 1. The molecule has 2 fully saturated rings. The lowest BCUT2D eigenvalue weighted by Crippen LogP contribution is -2.41. The van der Waals surface area contributed by atoms with Crippen LogP contribution in [0.25, 0.3) is 0 Å². The molecule has 0 saturated carbocycles. The molecule has 2 saturated heterocycles. The summed E-state index contributed by atoms with van der Waals surface area (Å²) in [5.41, 5.74) is 0.271. The van der Waals surface area contributed by atoms with Gasteiger partial charge in [-0.15, -0.1) is 0 Å². The predicted octanol–water partition coefficient (Wildman–Crippen LogP) is 1.39. The van der Waals surface area contributed by atoms with Gasteiger partial charge in [0.05, 0.1) is 37.1 Å². The van der Waals surface area contributed by atoms with Crippen LogP contribution in [-0.4, -0.2) is 79.6 Å². The number of carbonyl (C=O) groups excluding carboxylic acids is 1. The van der Waals surface area contributed by atoms with Gasteiger partial charge < -0.3 is 18.9 Å². The van der Waals surface area contributed by atoms with Gasteiger partial charge >= 0.3 is 0 Å². The van der Waals surface area contributed by atoms with Crippen molar-refractivity contribution < 1.29 is 22.7 Å². The molecule has 0 bridgehead atoms. The van der Waals surface area contributed by atoms with E-state index in [2.05, 4.69) is 9.55 Å². The second-order valence-electron chi connectivity index (χ2n) is 7.41. The van der Waals surface area contributed by atoms with Crippen molar-refractivity contribution in [3.8, 4) is 5.75 Å². The zero-order valence-electron chi connectivity index (χ0n) is 16.9. The summed E-state index contributed by atoms with van der Waals surface area (Å²) in [6, 6.07) is 4.80. The van der Waals surface area contributed by atoms with Crippen molar-refractivity contribution in [1.29, 1.82) is 0 Å². The van der Waals surface area contributed by atoms with Crippen LogP contribution >= 0.6 is 0 Å². The number of aromatic nitrogens is 2. The quantitative estimate of drug-likeness (QED) is 0.706. The smallest absolute Gasteiger partial charge is 0.257 e. The first-order valence-electron chi connectivity index (χ1n) is 10.0. The zero-order chi connectivity index (χ0) is 21.1. The Morgan fingerprint density at radius 2 is 1.90 bits per heavy atom. The number of likely N-dealkylation sites (tertiary alicyclic amines) is 1. The number of hydrogen-bond acceptors (Lipinski definition) is 6. The number of amides is 1. The van der Waals surface area contributed by atoms with E-state index in [0.717, 1.165) is 12.8 Å². The SMILES string of the molecule is COc1ccc(S(=O)(=O)N2CCOCC2)cc1C(=O)N1CCC(n2ccnc2)CC1. The first kappa shape index (κ1) is 20.8. The number of hydrogen-bond donors (Lipinski definition) is 0. The highest BCUT2D eigenvalue weighted by Gasteiger charge is 2.30. The predicted molar refractivity (Wildman–Crippen MR) is 109 cm³/mol. The largest absolute Gasteiger partial charge is 0.496 e. The molecule has 2 aliphatic rings. The van der Waals surface area contributed by atoms with E-state index in [-0.39, 0.29) is 16.4 Å². The zero-order valence-corrected chi connectivity index (χ0v) is 17.8. The number of methoxy groups -OCH3 is 1. The lowest BCUT2D eigenvalue weighted by Gasteiger charge is -2.33. The van der Waals surface area contributed by atoms with Gasteiger partial charge in [-0.3, -0.25) is 4.79 Å². The van der Waals surface area contributed by atoms with Gasteiger partial charge in [0.2, 0.25) is 10.0 Å². The van der Waals surface area contributed by atoms with E-state index < -0.39 is 10.0 Å². The van der Waals surface area contributed by atoms with Crippen molar-refractivity contribution in [1.82, 2.24) is 18.8 Å². The van der Waals surface area contributed by atoms with Crippen LogP contribution < -0.4 is 4.74 Å². The van der Waals surface area contributed by atoms with Crippen molar-refractivity contribution in [3.05, 3.63) is 42.5 Å². The van der Waals surface area contributed by atoms with E-state index in [0.29, 0.717) is 51.2 Å². The Kier molecular flexibility index (Phi) is 6.07. The number of morpholine rings is 1. The van der Waals surface area contributed by atoms with Gasteiger partial charge in [0, 0.05) is 44.6 Å². The maximum absolute atomic E-state index is 13.2. The van der Waals surface area contributed by atoms with Crippen LogP contribution in [0.15, 0.2) is 41.8 Å². The van der Waals surface area contributed by atoms with Gasteiger partial charge in [-0.25, -0.2) is 13.4 Å². The Hall–Kier alpha value is -2.43. The molecular weight excluding hydrogens is 408 g/mol. The minimum Gasteiger partial charge on any atom is -0.496 e. The molecule has 0 unspecified atom stereocenters. The highest BCUT2D eigenvalue weighted by Crippen LogP contribution is 2.29. The van der Waals surface area contributed by atoms with Crippen LogP contribution in [0.3, 0.4) is 0 Å². The van der Waals surface area contributed by atoms with E-state index in [1.165, 1.54) is 23.5 Å². The Bertz CT molecular complexity index is 979. The normalized spacial score (nSPS) is 19.0. The molecule has 1 amide bonds. The maximum atomic E-state index is 13.2. The Balaban J connectivity index is 1.54. The highest BCUT2D eigenvalue weighted by atomic mass is 32.2. The lowest BCUT2D eigenvalue weighted by molar-refractivity contribution is 0.0690. The Morgan fingerprint density at radius 1 is 1.17 bits per heavy atom. The minimum absolute atomic E-state index is 0.0989. The third-order valence-corrected chi connectivity index (χ3v) is 7.60. The fraction of sp³-hybridized carbons (Fsp3) is 0.500. The molecule has 0 N–H and O–H groups in total. The fourth-order valence-electron chi connectivity index (χ4n) is 3.97. The molecular formula is C20H26N4O5S. The molecule has 0 aliphatic carbocycles. The second kappa shape index (κ2) is 8.75. The van der Waals surface area contributed by atoms with Gasteiger partial charge in [-0.1, -0.05) is 0 Å². The average Bonchev–Trinajstić information content (AvgIpc) is 3.34. The van der Waals surface area contributed by atoms with Crippen molar-refractivity contribution in [2.75, 3.05) is 46.5 Å². The molecule has 1 aromatic carbocycles. The molecule has 4 rings (SSSR count). The Morgan fingerprint density at radius 3 is 2.53 bits per heavy atom. The topological polar surface area (TPSA) is 94.0 Å². The van der Waals surface area contributed by atoms with E-state index in [1.54, 1.807) is 23.5 Å². The number of piperidine rings is 1. The molecule has 162 valence electrons. The molecule has 9 nitrogen and oxygen atoms in total. The molecule has 0 atom stereocenters. The van der Waals surface area contributed by atoms with Gasteiger partial charge in [0.1, 0.15) is 5.75 Å². The van der Waals surface area contributed by atoms with Gasteiger partial charge in [0.15, 0.2) is 0 Å². The number of rotatable bonds is 5. The van der Waals surface area contributed by atoms with Crippen LogP contribution in [-0.2, 0) is 14.8 Å². The first-order valence-corrected chi connectivity index (χ1v) is 11.5. The van der Waals surface area contributed by atoms with Gasteiger partial charge in [-0.05, 0) is 31.0 Å². The summed E-state index contributed by atoms with van der Waals surface area (Å²) < 4.78 is 40.1. The number of sulfonamides is 1. The standard InChI is InChI=1S/C20H26N4O5S/c1-28-19-3-2-17(30(26,27)24-10-12-29-13-11-24)14-18(19)20(25)22-7-4-16(5-8-22)23-9-6-21-15-23/h2-3,6,9,14-16H,4-5,7-8,10-13H2,1H3. The minimum atomic E-state index is -3.70. The van der Waals surface area contributed by atoms with Crippen LogP contribution in [0, 0.1) is 0 Å². The summed E-state index contributed by atoms with van der Waals surface area (Å²) in [5.74, 6) is 0.160. The van der Waals surface area contributed by atoms with Crippen LogP contribution in [0.5, 0.6) is 5.75 Å². The summed E-state index contributed by atoms with van der Waals surface area (Å²) in [6.45, 7) is 2.52. The second-order valence-corrected chi connectivity index (χ2v) is 9.35. The lowest BCUT2D eigenvalue weighted by atomic mass is 10.0. The van der Waals surface area contributed by atoms with Crippen molar-refractivity contribution in [3.63, 3.8) is 0 Å². The number of carbonyl (C=O) groups is 1. The van der Waals surface area contributed by atoms with E-state index in [1.807, 2.05) is 6.20 Å². The molecule has 2 aliphatic heterocycles. The van der Waals surface area contributed by atoms with Crippen LogP contribution in [0.2, 0.25) is 0 Å². The third kappa shape index (κ3) is 4.07. The van der Waals surface area contributed by atoms with E-state index >= 15 is 0 Å². The van der Waals surface area contributed by atoms with Gasteiger partial charge in [0.25, 0.3) is 5.91 Å². The monoisotopic (exact) mass is 434 g/mol. The molecule has 2 aromatic rings. The average molecular weight is 435 g/mol. The molecule has 0 spiro atoms. The van der Waals surface area contributed by atoms with E-state index in [9.17, 15) is 13.2 Å². The fourth-order valence-corrected chi connectivity index (χ4v) is 5.41. The van der Waals surface area contributed by atoms with Crippen LogP contribution in [0.4, 0.5) is 0 Å². The maximum Gasteiger partial charge on any atom is 0.257 e. The molecule has 10 heteroatoms. The van der Waals surface area contributed by atoms with Crippen molar-refractivity contribution >= 4 is 15.9 Å². The first-order chi connectivity index (χ1) is 14.5. The van der Waals surface area contributed by atoms with Crippen LogP contribution in [0.1, 0.15) is 29.2 Å². The molecule has 1 aromatic heterocycles. The highest BCUT2D eigenvalue weighted by molar-refractivity contribution is 7.89.